The van der Waals surface area contributed by atoms with E-state index in [1.54, 1.807) is 19.3 Å². The van der Waals surface area contributed by atoms with Gasteiger partial charge in [0.05, 0.1) is 11.2 Å². The molecule has 1 aliphatic heterocycles. The fraction of sp³-hybridized carbons (Fsp3) is 0.429. The van der Waals surface area contributed by atoms with Crippen LogP contribution in [0.15, 0.2) is 54.9 Å². The summed E-state index contributed by atoms with van der Waals surface area (Å²) in [6, 6.07) is 13.6. The van der Waals surface area contributed by atoms with Gasteiger partial charge in [0.25, 0.3) is 0 Å². The molecule has 2 aromatic rings. The van der Waals surface area contributed by atoms with Crippen LogP contribution in [0.2, 0.25) is 0 Å². The first-order chi connectivity index (χ1) is 13.5. The summed E-state index contributed by atoms with van der Waals surface area (Å²) in [5, 5.41) is 3.07. The minimum absolute atomic E-state index is 0.0314. The number of rotatable bonds is 7. The molecule has 6 nitrogen and oxygen atoms in total. The van der Waals surface area contributed by atoms with Crippen LogP contribution in [0.25, 0.3) is 0 Å². The van der Waals surface area contributed by atoms with Crippen molar-refractivity contribution in [1.82, 2.24) is 14.6 Å². The zero-order valence-corrected chi connectivity index (χ0v) is 17.0. The normalized spacial score (nSPS) is 17.2. The lowest BCUT2D eigenvalue weighted by atomic mass is 9.72. The van der Waals surface area contributed by atoms with E-state index in [0.29, 0.717) is 38.9 Å². The van der Waals surface area contributed by atoms with Crippen molar-refractivity contribution in [3.05, 3.63) is 66.0 Å². The van der Waals surface area contributed by atoms with Crippen LogP contribution < -0.4 is 5.32 Å². The van der Waals surface area contributed by atoms with Gasteiger partial charge in [-0.1, -0.05) is 36.4 Å². The molecule has 1 aliphatic rings. The Kier molecular flexibility index (Phi) is 6.46. The number of benzene rings is 1. The van der Waals surface area contributed by atoms with E-state index in [9.17, 15) is 13.2 Å². The van der Waals surface area contributed by atoms with Gasteiger partial charge < -0.3 is 5.32 Å². The lowest BCUT2D eigenvalue weighted by Crippen LogP contribution is -2.53. The minimum Gasteiger partial charge on any atom is -0.355 e. The maximum Gasteiger partial charge on any atom is 0.230 e. The van der Waals surface area contributed by atoms with Crippen LogP contribution in [-0.4, -0.2) is 49.0 Å². The molecule has 1 N–H and O–H groups in total. The van der Waals surface area contributed by atoms with Gasteiger partial charge in [-0.05, 0) is 43.4 Å². The molecule has 0 spiro atoms. The van der Waals surface area contributed by atoms with Gasteiger partial charge in [0, 0.05) is 32.0 Å². The van der Waals surface area contributed by atoms with E-state index in [1.165, 1.54) is 4.31 Å². The Hall–Kier alpha value is -2.25. The Labute approximate surface area is 167 Å². The smallest absolute Gasteiger partial charge is 0.230 e. The van der Waals surface area contributed by atoms with Crippen molar-refractivity contribution >= 4 is 15.9 Å². The predicted molar refractivity (Wildman–Crippen MR) is 109 cm³/mol. The molecule has 0 unspecified atom stereocenters. The van der Waals surface area contributed by atoms with Gasteiger partial charge in [0.2, 0.25) is 15.9 Å². The van der Waals surface area contributed by atoms with E-state index in [-0.39, 0.29) is 11.7 Å². The van der Waals surface area contributed by atoms with Crippen LogP contribution in [0.4, 0.5) is 0 Å². The van der Waals surface area contributed by atoms with E-state index in [2.05, 4.69) is 10.3 Å². The maximum atomic E-state index is 13.2. The Bertz CT molecular complexity index is 878. The highest BCUT2D eigenvalue weighted by atomic mass is 32.2. The monoisotopic (exact) mass is 401 g/mol. The third-order valence-corrected chi connectivity index (χ3v) is 7.40. The summed E-state index contributed by atoms with van der Waals surface area (Å²) < 4.78 is 26.0. The molecule has 1 fully saturated rings. The number of carbonyl (C=O) groups excluding carboxylic acids is 1. The number of pyridine rings is 1. The average Bonchev–Trinajstić information content (AvgIpc) is 2.75. The van der Waals surface area contributed by atoms with Gasteiger partial charge in [0.15, 0.2) is 0 Å². The second-order valence-electron chi connectivity index (χ2n) is 7.11. The Balaban J connectivity index is 1.74. The largest absolute Gasteiger partial charge is 0.355 e. The molecule has 2 heterocycles. The quantitative estimate of drug-likeness (QED) is 0.771. The fourth-order valence-electron chi connectivity index (χ4n) is 3.77. The standard InChI is InChI=1S/C21H27N3O3S/c1-2-28(26,27)24-15-11-21(12-16-24,19-8-4-3-5-9-19)20(25)23-14-10-18-7-6-13-22-17-18/h3-9,13,17H,2,10-12,14-16H2,1H3,(H,23,25). The van der Waals surface area contributed by atoms with Gasteiger partial charge in [-0.2, -0.15) is 0 Å². The first-order valence-corrected chi connectivity index (χ1v) is 11.3. The molecule has 1 saturated heterocycles. The van der Waals surface area contributed by atoms with E-state index < -0.39 is 15.4 Å². The van der Waals surface area contributed by atoms with Gasteiger partial charge in [-0.15, -0.1) is 0 Å². The first kappa shape index (κ1) is 20.5. The van der Waals surface area contributed by atoms with Crippen LogP contribution in [0, 0.1) is 0 Å². The molecule has 28 heavy (non-hydrogen) atoms. The summed E-state index contributed by atoms with van der Waals surface area (Å²) >= 11 is 0. The highest BCUT2D eigenvalue weighted by molar-refractivity contribution is 7.89. The summed E-state index contributed by atoms with van der Waals surface area (Å²) in [6.07, 6.45) is 5.20. The molecule has 0 radical (unpaired) electrons. The van der Waals surface area contributed by atoms with Crippen LogP contribution >= 0.6 is 0 Å². The fourth-order valence-corrected chi connectivity index (χ4v) is 4.87. The lowest BCUT2D eigenvalue weighted by molar-refractivity contribution is -0.128. The SMILES string of the molecule is CCS(=O)(=O)N1CCC(C(=O)NCCc2cccnc2)(c2ccccc2)CC1. The van der Waals surface area contributed by atoms with Gasteiger partial charge in [-0.3, -0.25) is 9.78 Å². The number of aromatic nitrogens is 1. The van der Waals surface area contributed by atoms with Crippen molar-refractivity contribution in [2.24, 2.45) is 0 Å². The lowest BCUT2D eigenvalue weighted by Gasteiger charge is -2.40. The van der Waals surface area contributed by atoms with Crippen molar-refractivity contribution in [3.63, 3.8) is 0 Å². The van der Waals surface area contributed by atoms with Gasteiger partial charge in [-0.25, -0.2) is 12.7 Å². The first-order valence-electron chi connectivity index (χ1n) is 9.68. The van der Waals surface area contributed by atoms with E-state index in [4.69, 9.17) is 0 Å². The van der Waals surface area contributed by atoms with Gasteiger partial charge in [0.1, 0.15) is 0 Å². The molecule has 1 aromatic heterocycles. The molecule has 0 aliphatic carbocycles. The number of carbonyl (C=O) groups is 1. The van der Waals surface area contributed by atoms with Crippen molar-refractivity contribution < 1.29 is 13.2 Å². The number of amides is 1. The summed E-state index contributed by atoms with van der Waals surface area (Å²) in [5.74, 6) is 0.0546. The third kappa shape index (κ3) is 4.42. The molecule has 1 amide bonds. The van der Waals surface area contributed by atoms with Crippen molar-refractivity contribution in [3.8, 4) is 0 Å². The summed E-state index contributed by atoms with van der Waals surface area (Å²) in [6.45, 7) is 2.90. The van der Waals surface area contributed by atoms with Crippen molar-refractivity contribution in [2.45, 2.75) is 31.6 Å². The molecule has 0 bridgehead atoms. The van der Waals surface area contributed by atoms with Crippen LogP contribution in [0.1, 0.15) is 30.9 Å². The summed E-state index contributed by atoms with van der Waals surface area (Å²) in [7, 11) is -3.24. The predicted octanol–water partition coefficient (Wildman–Crippen LogP) is 2.12. The zero-order chi connectivity index (χ0) is 20.0. The summed E-state index contributed by atoms with van der Waals surface area (Å²) in [4.78, 5) is 17.3. The van der Waals surface area contributed by atoms with Crippen LogP contribution in [-0.2, 0) is 26.7 Å². The Morgan fingerprint density at radius 1 is 1.14 bits per heavy atom. The number of hydrogen-bond donors (Lipinski definition) is 1. The maximum absolute atomic E-state index is 13.2. The molecule has 150 valence electrons. The van der Waals surface area contributed by atoms with Gasteiger partial charge >= 0.3 is 0 Å². The van der Waals surface area contributed by atoms with Crippen LogP contribution in [0.3, 0.4) is 0 Å². The number of sulfonamides is 1. The van der Waals surface area contributed by atoms with Crippen molar-refractivity contribution in [1.29, 1.82) is 0 Å². The number of nitrogens with zero attached hydrogens (tertiary/aromatic N) is 2. The molecule has 7 heteroatoms. The number of hydrogen-bond acceptors (Lipinski definition) is 4. The second-order valence-corrected chi connectivity index (χ2v) is 9.37. The summed E-state index contributed by atoms with van der Waals surface area (Å²) in [5.41, 5.74) is 1.32. The zero-order valence-electron chi connectivity index (χ0n) is 16.2. The highest BCUT2D eigenvalue weighted by Gasteiger charge is 2.44. The molecule has 0 saturated carbocycles. The number of piperidine rings is 1. The highest BCUT2D eigenvalue weighted by Crippen LogP contribution is 2.36. The molecular formula is C21H27N3O3S. The molecule has 3 rings (SSSR count). The van der Waals surface area contributed by atoms with Crippen molar-refractivity contribution in [2.75, 3.05) is 25.4 Å². The molecule has 1 aromatic carbocycles. The number of nitrogens with one attached hydrogen (secondary N) is 1. The molecule has 0 atom stereocenters. The Morgan fingerprint density at radius 3 is 2.46 bits per heavy atom. The van der Waals surface area contributed by atoms with E-state index >= 15 is 0 Å². The molecular weight excluding hydrogens is 374 g/mol. The topological polar surface area (TPSA) is 79.4 Å². The Morgan fingerprint density at radius 2 is 1.86 bits per heavy atom. The minimum atomic E-state index is -3.24. The second kappa shape index (κ2) is 8.84. The van der Waals surface area contributed by atoms with E-state index in [1.807, 2.05) is 42.5 Å². The average molecular weight is 402 g/mol. The third-order valence-electron chi connectivity index (χ3n) is 5.52. The van der Waals surface area contributed by atoms with E-state index in [0.717, 1.165) is 11.1 Å². The van der Waals surface area contributed by atoms with Crippen LogP contribution in [0.5, 0.6) is 0 Å².